The molecule has 0 bridgehead atoms. The van der Waals surface area contributed by atoms with Gasteiger partial charge in [0.25, 0.3) is 10.1 Å². The van der Waals surface area contributed by atoms with Crippen molar-refractivity contribution < 1.29 is 41.4 Å². The third kappa shape index (κ3) is 16.1. The molecule has 0 aromatic heterocycles. The fourth-order valence-corrected chi connectivity index (χ4v) is 1.66. The lowest BCUT2D eigenvalue weighted by molar-refractivity contribution is -0.149. The van der Waals surface area contributed by atoms with Gasteiger partial charge in [-0.25, -0.2) is 0 Å². The second-order valence-electron chi connectivity index (χ2n) is 4.92. The zero-order chi connectivity index (χ0) is 18.3. The van der Waals surface area contributed by atoms with Crippen molar-refractivity contribution in [2.75, 3.05) is 58.8 Å². The Morgan fingerprint density at radius 3 is 1.71 bits per heavy atom. The van der Waals surface area contributed by atoms with Crippen molar-refractivity contribution in [1.29, 1.82) is 0 Å². The number of hydrogen-bond donors (Lipinski definition) is 1. The van der Waals surface area contributed by atoms with Crippen LogP contribution in [0.1, 0.15) is 20.3 Å². The first-order chi connectivity index (χ1) is 11.4. The van der Waals surface area contributed by atoms with E-state index in [4.69, 9.17) is 23.5 Å². The van der Waals surface area contributed by atoms with Crippen molar-refractivity contribution in [2.24, 2.45) is 5.92 Å². The molecule has 0 fully saturated rings. The fraction of sp³-hybridized carbons (Fsp3) is 0.929. The molecular weight excluding hydrogens is 344 g/mol. The number of rotatable bonds is 16. The predicted octanol–water partition coefficient (Wildman–Crippen LogP) is 0.487. The van der Waals surface area contributed by atoms with Gasteiger partial charge >= 0.3 is 5.97 Å². The molecule has 1 atom stereocenters. The van der Waals surface area contributed by atoms with Gasteiger partial charge in [-0.15, -0.1) is 0 Å². The van der Waals surface area contributed by atoms with Crippen LogP contribution in [-0.4, -0.2) is 77.7 Å². The van der Waals surface area contributed by atoms with Crippen LogP contribution in [0.5, 0.6) is 0 Å². The van der Waals surface area contributed by atoms with E-state index >= 15 is 0 Å². The van der Waals surface area contributed by atoms with Gasteiger partial charge in [-0.05, 0) is 6.42 Å². The molecule has 9 nitrogen and oxygen atoms in total. The van der Waals surface area contributed by atoms with Gasteiger partial charge < -0.3 is 23.7 Å². The van der Waals surface area contributed by atoms with Crippen LogP contribution < -0.4 is 0 Å². The van der Waals surface area contributed by atoms with E-state index < -0.39 is 16.1 Å². The predicted molar refractivity (Wildman–Crippen MR) is 85.2 cm³/mol. The molecule has 1 N–H and O–H groups in total. The molecule has 0 aliphatic carbocycles. The van der Waals surface area contributed by atoms with Crippen molar-refractivity contribution in [1.82, 2.24) is 0 Å². The molecule has 10 heteroatoms. The van der Waals surface area contributed by atoms with Crippen molar-refractivity contribution in [3.05, 3.63) is 0 Å². The van der Waals surface area contributed by atoms with Gasteiger partial charge in [-0.1, -0.05) is 13.8 Å². The van der Waals surface area contributed by atoms with Gasteiger partial charge in [0, 0.05) is 0 Å². The minimum Gasteiger partial charge on any atom is -0.463 e. The van der Waals surface area contributed by atoms with Gasteiger partial charge in [0.05, 0.1) is 52.2 Å². The number of ether oxygens (including phenoxy) is 5. The average molecular weight is 372 g/mol. The van der Waals surface area contributed by atoms with Crippen molar-refractivity contribution in [3.63, 3.8) is 0 Å². The Hall–Kier alpha value is -0.780. The van der Waals surface area contributed by atoms with Gasteiger partial charge in [-0.3, -0.25) is 9.35 Å². The summed E-state index contributed by atoms with van der Waals surface area (Å²) in [6.45, 7) is 6.06. The van der Waals surface area contributed by atoms with Crippen LogP contribution in [0.25, 0.3) is 0 Å². The molecule has 0 heterocycles. The SMILES string of the molecule is CCC(C)C(=O)OCCOCCOCCOCCOCS(=O)(=O)O. The second-order valence-corrected chi connectivity index (χ2v) is 6.32. The normalized spacial score (nSPS) is 13.0. The fourth-order valence-electron chi connectivity index (χ4n) is 1.33. The minimum atomic E-state index is -4.09. The molecule has 0 saturated heterocycles. The van der Waals surface area contributed by atoms with Crippen molar-refractivity contribution >= 4 is 16.1 Å². The Morgan fingerprint density at radius 1 is 0.875 bits per heavy atom. The van der Waals surface area contributed by atoms with E-state index in [1.165, 1.54) is 0 Å². The quantitative estimate of drug-likeness (QED) is 0.234. The Labute approximate surface area is 143 Å². The van der Waals surface area contributed by atoms with E-state index in [0.29, 0.717) is 33.0 Å². The maximum absolute atomic E-state index is 11.4. The first-order valence-corrected chi connectivity index (χ1v) is 9.40. The van der Waals surface area contributed by atoms with Crippen LogP contribution in [0.15, 0.2) is 0 Å². The minimum absolute atomic E-state index is 0.0677. The molecular formula is C14H28O9S. The summed E-state index contributed by atoms with van der Waals surface area (Å²) >= 11 is 0. The Balaban J connectivity index is 3.19. The topological polar surface area (TPSA) is 118 Å². The summed E-state index contributed by atoms with van der Waals surface area (Å²) in [4.78, 5) is 11.4. The lowest BCUT2D eigenvalue weighted by Crippen LogP contribution is -2.18. The lowest BCUT2D eigenvalue weighted by atomic mass is 10.1. The summed E-state index contributed by atoms with van der Waals surface area (Å²) in [5.41, 5.74) is 0. The highest BCUT2D eigenvalue weighted by atomic mass is 32.2. The zero-order valence-electron chi connectivity index (χ0n) is 14.3. The van der Waals surface area contributed by atoms with E-state index in [9.17, 15) is 13.2 Å². The highest BCUT2D eigenvalue weighted by molar-refractivity contribution is 7.85. The number of carbonyl (C=O) groups is 1. The first kappa shape index (κ1) is 23.2. The average Bonchev–Trinajstić information content (AvgIpc) is 2.53. The third-order valence-corrected chi connectivity index (χ3v) is 3.30. The molecule has 0 aromatic carbocycles. The van der Waals surface area contributed by atoms with Crippen LogP contribution in [-0.2, 0) is 38.6 Å². The summed E-state index contributed by atoms with van der Waals surface area (Å²) in [6, 6.07) is 0. The summed E-state index contributed by atoms with van der Waals surface area (Å²) in [7, 11) is -4.09. The largest absolute Gasteiger partial charge is 0.463 e. The first-order valence-electron chi connectivity index (χ1n) is 7.79. The van der Waals surface area contributed by atoms with Gasteiger partial charge in [0.1, 0.15) is 6.61 Å². The maximum atomic E-state index is 11.4. The van der Waals surface area contributed by atoms with E-state index in [0.717, 1.165) is 6.42 Å². The number of esters is 1. The lowest BCUT2D eigenvalue weighted by Gasteiger charge is -2.10. The van der Waals surface area contributed by atoms with Crippen molar-refractivity contribution in [3.8, 4) is 0 Å². The standard InChI is InChI=1S/C14H28O9S/c1-3-13(2)14(15)23-11-10-21-7-6-19-4-5-20-8-9-22-12-24(16,17)18/h13H,3-12H2,1-2H3,(H,16,17,18). The molecule has 0 rings (SSSR count). The molecule has 0 aliphatic rings. The molecule has 0 spiro atoms. The molecule has 0 saturated carbocycles. The second kappa shape index (κ2) is 14.6. The van der Waals surface area contributed by atoms with Crippen LogP contribution >= 0.6 is 0 Å². The molecule has 0 radical (unpaired) electrons. The number of hydrogen-bond acceptors (Lipinski definition) is 8. The third-order valence-electron chi connectivity index (χ3n) is 2.84. The highest BCUT2D eigenvalue weighted by Crippen LogP contribution is 2.02. The van der Waals surface area contributed by atoms with Crippen LogP contribution in [0.2, 0.25) is 0 Å². The Bertz CT molecular complexity index is 410. The van der Waals surface area contributed by atoms with Crippen LogP contribution in [0.4, 0.5) is 0 Å². The summed E-state index contributed by atoms with van der Waals surface area (Å²) < 4.78 is 54.4. The molecule has 0 amide bonds. The van der Waals surface area contributed by atoms with Gasteiger partial charge in [0.2, 0.25) is 0 Å². The molecule has 24 heavy (non-hydrogen) atoms. The van der Waals surface area contributed by atoms with E-state index in [1.807, 2.05) is 13.8 Å². The molecule has 1 unspecified atom stereocenters. The molecule has 144 valence electrons. The highest BCUT2D eigenvalue weighted by Gasteiger charge is 2.11. The monoisotopic (exact) mass is 372 g/mol. The zero-order valence-corrected chi connectivity index (χ0v) is 15.1. The summed E-state index contributed by atoms with van der Waals surface area (Å²) in [5.74, 6) is -1.04. The Morgan fingerprint density at radius 2 is 1.29 bits per heavy atom. The van der Waals surface area contributed by atoms with Gasteiger partial charge in [0.15, 0.2) is 5.94 Å². The van der Waals surface area contributed by atoms with E-state index in [2.05, 4.69) is 4.74 Å². The van der Waals surface area contributed by atoms with Gasteiger partial charge in [-0.2, -0.15) is 8.42 Å². The van der Waals surface area contributed by atoms with Crippen molar-refractivity contribution in [2.45, 2.75) is 20.3 Å². The van der Waals surface area contributed by atoms with E-state index in [-0.39, 0.29) is 31.7 Å². The van der Waals surface area contributed by atoms with Crippen LogP contribution in [0.3, 0.4) is 0 Å². The maximum Gasteiger partial charge on any atom is 0.308 e. The van der Waals surface area contributed by atoms with Crippen LogP contribution in [0, 0.1) is 5.92 Å². The molecule has 0 aliphatic heterocycles. The van der Waals surface area contributed by atoms with E-state index in [1.54, 1.807) is 0 Å². The smallest absolute Gasteiger partial charge is 0.308 e. The Kier molecular flexibility index (Phi) is 14.1. The number of carbonyl (C=O) groups excluding carboxylic acids is 1. The summed E-state index contributed by atoms with van der Waals surface area (Å²) in [6.07, 6.45) is 0.752. The summed E-state index contributed by atoms with van der Waals surface area (Å²) in [5, 5.41) is 0. The molecule has 0 aromatic rings.